The Hall–Kier alpha value is -0.660. The first-order valence-corrected chi connectivity index (χ1v) is 3.64. The minimum atomic E-state index is 0.0532. The van der Waals surface area contributed by atoms with Gasteiger partial charge >= 0.3 is 0 Å². The quantitative estimate of drug-likeness (QED) is 0.577. The Morgan fingerprint density at radius 1 is 1.00 bits per heavy atom. The molecule has 0 bridgehead atoms. The van der Waals surface area contributed by atoms with Crippen LogP contribution in [-0.4, -0.2) is 11.6 Å². The van der Waals surface area contributed by atoms with E-state index in [0.717, 1.165) is 12.8 Å². The van der Waals surface area contributed by atoms with E-state index in [-0.39, 0.29) is 23.4 Å². The molecule has 0 unspecified atom stereocenters. The number of ketones is 2. The molecule has 0 N–H and O–H groups in total. The van der Waals surface area contributed by atoms with E-state index in [1.54, 1.807) is 13.8 Å². The van der Waals surface area contributed by atoms with Crippen LogP contribution in [0.15, 0.2) is 0 Å². The van der Waals surface area contributed by atoms with Crippen molar-refractivity contribution in [2.24, 2.45) is 11.8 Å². The Morgan fingerprint density at radius 2 is 1.30 bits per heavy atom. The summed E-state index contributed by atoms with van der Waals surface area (Å²) < 4.78 is 0. The molecule has 1 saturated carbocycles. The molecule has 1 aliphatic rings. The van der Waals surface area contributed by atoms with Gasteiger partial charge in [-0.15, -0.1) is 0 Å². The highest BCUT2D eigenvalue weighted by atomic mass is 16.1. The highest BCUT2D eigenvalue weighted by molar-refractivity contribution is 5.88. The molecule has 0 heterocycles. The predicted octanol–water partition coefficient (Wildman–Crippen LogP) is 1.19. The number of hydrogen-bond acceptors (Lipinski definition) is 2. The first kappa shape index (κ1) is 7.45. The van der Waals surface area contributed by atoms with Crippen LogP contribution in [0.5, 0.6) is 0 Å². The highest BCUT2D eigenvalue weighted by Crippen LogP contribution is 2.35. The van der Waals surface area contributed by atoms with Crippen LogP contribution in [0.1, 0.15) is 26.7 Å². The smallest absolute Gasteiger partial charge is 0.133 e. The number of hydrogen-bond donors (Lipinski definition) is 0. The summed E-state index contributed by atoms with van der Waals surface area (Å²) in [5, 5.41) is 0. The van der Waals surface area contributed by atoms with Crippen molar-refractivity contribution in [1.82, 2.24) is 0 Å². The molecular formula is C8H12O2. The average molecular weight is 140 g/mol. The van der Waals surface area contributed by atoms with Gasteiger partial charge in [0.25, 0.3) is 0 Å². The fourth-order valence-electron chi connectivity index (χ4n) is 1.47. The van der Waals surface area contributed by atoms with Crippen molar-refractivity contribution in [2.75, 3.05) is 0 Å². The zero-order chi connectivity index (χ0) is 7.72. The summed E-state index contributed by atoms with van der Waals surface area (Å²) in [5.74, 6) is 0.452. The van der Waals surface area contributed by atoms with Gasteiger partial charge in [0.15, 0.2) is 0 Å². The molecule has 0 aliphatic heterocycles. The van der Waals surface area contributed by atoms with Gasteiger partial charge in [0.05, 0.1) is 0 Å². The molecule has 2 heteroatoms. The lowest BCUT2D eigenvalue weighted by Gasteiger charge is -2.32. The molecule has 10 heavy (non-hydrogen) atoms. The van der Waals surface area contributed by atoms with Gasteiger partial charge in [-0.3, -0.25) is 9.59 Å². The SMILES string of the molecule is CC(=O)[C@@H]1CC[C@H]1C(C)=O. The summed E-state index contributed by atoms with van der Waals surface area (Å²) in [6.45, 7) is 3.14. The van der Waals surface area contributed by atoms with E-state index in [9.17, 15) is 9.59 Å². The van der Waals surface area contributed by atoms with E-state index in [2.05, 4.69) is 0 Å². The standard InChI is InChI=1S/C8H12O2/c1-5(9)7-3-4-8(7)6(2)10/h7-8H,3-4H2,1-2H3/t7-,8-/m0/s1. The van der Waals surface area contributed by atoms with Crippen LogP contribution in [0.3, 0.4) is 0 Å². The number of rotatable bonds is 2. The summed E-state index contributed by atoms with van der Waals surface area (Å²) >= 11 is 0. The van der Waals surface area contributed by atoms with E-state index < -0.39 is 0 Å². The zero-order valence-electron chi connectivity index (χ0n) is 6.39. The van der Waals surface area contributed by atoms with Crippen molar-refractivity contribution in [3.63, 3.8) is 0 Å². The van der Waals surface area contributed by atoms with Gasteiger partial charge in [0, 0.05) is 11.8 Å². The maximum Gasteiger partial charge on any atom is 0.133 e. The summed E-state index contributed by atoms with van der Waals surface area (Å²) in [7, 11) is 0. The predicted molar refractivity (Wildman–Crippen MR) is 37.6 cm³/mol. The molecule has 0 aromatic rings. The number of Topliss-reactive ketones (excluding diaryl/α,β-unsaturated/α-hetero) is 2. The molecule has 0 radical (unpaired) electrons. The third kappa shape index (κ3) is 1.11. The first-order chi connectivity index (χ1) is 4.63. The summed E-state index contributed by atoms with van der Waals surface area (Å²) in [5.41, 5.74) is 0. The first-order valence-electron chi connectivity index (χ1n) is 3.64. The van der Waals surface area contributed by atoms with Crippen molar-refractivity contribution >= 4 is 11.6 Å². The molecule has 1 fully saturated rings. The van der Waals surface area contributed by atoms with Crippen LogP contribution in [0.25, 0.3) is 0 Å². The minimum absolute atomic E-state index is 0.0532. The largest absolute Gasteiger partial charge is 0.300 e. The van der Waals surface area contributed by atoms with Crippen LogP contribution in [0.2, 0.25) is 0 Å². The maximum atomic E-state index is 10.8. The van der Waals surface area contributed by atoms with Gasteiger partial charge in [-0.1, -0.05) is 0 Å². The molecule has 2 atom stereocenters. The lowest BCUT2D eigenvalue weighted by molar-refractivity contribution is -0.135. The van der Waals surface area contributed by atoms with E-state index >= 15 is 0 Å². The lowest BCUT2D eigenvalue weighted by atomic mass is 9.70. The van der Waals surface area contributed by atoms with E-state index in [0.29, 0.717) is 0 Å². The average Bonchev–Trinajstić information content (AvgIpc) is 1.56. The Bertz CT molecular complexity index is 152. The van der Waals surface area contributed by atoms with E-state index in [1.165, 1.54) is 0 Å². The second kappa shape index (κ2) is 2.52. The van der Waals surface area contributed by atoms with Gasteiger partial charge in [-0.25, -0.2) is 0 Å². The Balaban J connectivity index is 2.51. The minimum Gasteiger partial charge on any atom is -0.300 e. The van der Waals surface area contributed by atoms with Crippen LogP contribution in [0.4, 0.5) is 0 Å². The topological polar surface area (TPSA) is 34.1 Å². The van der Waals surface area contributed by atoms with Crippen molar-refractivity contribution < 1.29 is 9.59 Å². The van der Waals surface area contributed by atoms with Crippen molar-refractivity contribution in [2.45, 2.75) is 26.7 Å². The summed E-state index contributed by atoms with van der Waals surface area (Å²) in [4.78, 5) is 21.6. The highest BCUT2D eigenvalue weighted by Gasteiger charge is 2.36. The van der Waals surface area contributed by atoms with Crippen LogP contribution in [-0.2, 0) is 9.59 Å². The number of carbonyl (C=O) groups is 2. The van der Waals surface area contributed by atoms with Crippen LogP contribution < -0.4 is 0 Å². The Labute approximate surface area is 60.6 Å². The molecule has 0 saturated heterocycles. The second-order valence-electron chi connectivity index (χ2n) is 3.01. The maximum absolute atomic E-state index is 10.8. The zero-order valence-corrected chi connectivity index (χ0v) is 6.39. The van der Waals surface area contributed by atoms with Crippen LogP contribution in [0, 0.1) is 11.8 Å². The van der Waals surface area contributed by atoms with E-state index in [1.807, 2.05) is 0 Å². The Morgan fingerprint density at radius 3 is 1.40 bits per heavy atom. The Kier molecular flexibility index (Phi) is 1.88. The van der Waals surface area contributed by atoms with E-state index in [4.69, 9.17) is 0 Å². The molecule has 2 nitrogen and oxygen atoms in total. The van der Waals surface area contributed by atoms with Crippen molar-refractivity contribution in [3.8, 4) is 0 Å². The summed E-state index contributed by atoms with van der Waals surface area (Å²) in [6.07, 6.45) is 1.83. The van der Waals surface area contributed by atoms with Gasteiger partial charge in [0.2, 0.25) is 0 Å². The molecule has 0 aromatic carbocycles. The molecule has 1 rings (SSSR count). The molecule has 0 spiro atoms. The fourth-order valence-corrected chi connectivity index (χ4v) is 1.47. The molecule has 1 aliphatic carbocycles. The van der Waals surface area contributed by atoms with Crippen LogP contribution >= 0.6 is 0 Å². The van der Waals surface area contributed by atoms with Gasteiger partial charge in [0.1, 0.15) is 11.6 Å². The van der Waals surface area contributed by atoms with Crippen molar-refractivity contribution in [1.29, 1.82) is 0 Å². The number of carbonyl (C=O) groups excluding carboxylic acids is 2. The molecule has 0 aromatic heterocycles. The summed E-state index contributed by atoms with van der Waals surface area (Å²) in [6, 6.07) is 0. The molecule has 0 amide bonds. The fraction of sp³-hybridized carbons (Fsp3) is 0.750. The molecular weight excluding hydrogens is 128 g/mol. The monoisotopic (exact) mass is 140 g/mol. The van der Waals surface area contributed by atoms with Gasteiger partial charge in [-0.2, -0.15) is 0 Å². The second-order valence-corrected chi connectivity index (χ2v) is 3.01. The third-order valence-electron chi connectivity index (χ3n) is 2.32. The normalized spacial score (nSPS) is 31.0. The van der Waals surface area contributed by atoms with Gasteiger partial charge < -0.3 is 0 Å². The molecule has 56 valence electrons. The van der Waals surface area contributed by atoms with Crippen molar-refractivity contribution in [3.05, 3.63) is 0 Å². The van der Waals surface area contributed by atoms with Gasteiger partial charge in [-0.05, 0) is 26.7 Å². The third-order valence-corrected chi connectivity index (χ3v) is 2.32. The lowest BCUT2D eigenvalue weighted by Crippen LogP contribution is -2.35.